The molecule has 0 aliphatic carbocycles. The summed E-state index contributed by atoms with van der Waals surface area (Å²) < 4.78 is 0. The number of nitrogens with zero attached hydrogens (tertiary/aromatic N) is 2. The summed E-state index contributed by atoms with van der Waals surface area (Å²) in [5, 5.41) is 5.64. The van der Waals surface area contributed by atoms with E-state index in [1.807, 2.05) is 26.0 Å². The molecule has 1 atom stereocenters. The van der Waals surface area contributed by atoms with E-state index in [1.54, 1.807) is 18.5 Å². The van der Waals surface area contributed by atoms with Gasteiger partial charge in [0, 0.05) is 36.7 Å². The van der Waals surface area contributed by atoms with Gasteiger partial charge in [-0.15, -0.1) is 0 Å². The summed E-state index contributed by atoms with van der Waals surface area (Å²) in [7, 11) is 0. The molecule has 1 unspecified atom stereocenters. The normalized spacial score (nSPS) is 11.6. The maximum atomic E-state index is 12.2. The molecule has 0 spiro atoms. The molecule has 23 heavy (non-hydrogen) atoms. The third kappa shape index (κ3) is 4.88. The Labute approximate surface area is 135 Å². The largest absolute Gasteiger partial charge is 0.350 e. The number of nitrogens with one attached hydrogen (secondary N) is 2. The third-order valence-corrected chi connectivity index (χ3v) is 3.45. The van der Waals surface area contributed by atoms with Crippen LogP contribution in [0.2, 0.25) is 0 Å². The van der Waals surface area contributed by atoms with Crippen LogP contribution in [0.25, 0.3) is 0 Å². The first kappa shape index (κ1) is 16.6. The fourth-order valence-electron chi connectivity index (χ4n) is 1.88. The molecule has 2 N–H and O–H groups in total. The Hall–Kier alpha value is -2.76. The highest BCUT2D eigenvalue weighted by Crippen LogP contribution is 2.04. The SMILES string of the molecule is CCC(C)NC(=O)c1ccnc(C(=O)NCc2ccncc2)c1. The Morgan fingerprint density at radius 3 is 2.57 bits per heavy atom. The summed E-state index contributed by atoms with van der Waals surface area (Å²) in [6.45, 7) is 4.31. The monoisotopic (exact) mass is 312 g/mol. The van der Waals surface area contributed by atoms with E-state index in [1.165, 1.54) is 12.3 Å². The zero-order valence-corrected chi connectivity index (χ0v) is 13.2. The lowest BCUT2D eigenvalue weighted by molar-refractivity contribution is 0.0939. The number of amides is 2. The minimum Gasteiger partial charge on any atom is -0.350 e. The van der Waals surface area contributed by atoms with Crippen LogP contribution < -0.4 is 10.6 Å². The molecule has 2 aromatic heterocycles. The van der Waals surface area contributed by atoms with Crippen LogP contribution in [0.4, 0.5) is 0 Å². The van der Waals surface area contributed by atoms with Crippen molar-refractivity contribution in [1.29, 1.82) is 0 Å². The van der Waals surface area contributed by atoms with Crippen molar-refractivity contribution < 1.29 is 9.59 Å². The summed E-state index contributed by atoms with van der Waals surface area (Å²) in [6, 6.07) is 6.82. The Morgan fingerprint density at radius 1 is 1.13 bits per heavy atom. The Kier molecular flexibility index (Phi) is 5.80. The van der Waals surface area contributed by atoms with Crippen molar-refractivity contribution in [2.75, 3.05) is 0 Å². The molecule has 0 aliphatic rings. The average Bonchev–Trinajstić information content (AvgIpc) is 2.60. The van der Waals surface area contributed by atoms with Crippen LogP contribution in [0.1, 0.15) is 46.7 Å². The van der Waals surface area contributed by atoms with Crippen molar-refractivity contribution in [2.24, 2.45) is 0 Å². The van der Waals surface area contributed by atoms with E-state index in [2.05, 4.69) is 20.6 Å². The van der Waals surface area contributed by atoms with Gasteiger partial charge in [-0.05, 0) is 43.2 Å². The average molecular weight is 312 g/mol. The highest BCUT2D eigenvalue weighted by atomic mass is 16.2. The van der Waals surface area contributed by atoms with E-state index in [0.29, 0.717) is 12.1 Å². The molecular formula is C17H20N4O2. The second kappa shape index (κ2) is 8.03. The van der Waals surface area contributed by atoms with Crippen LogP contribution in [-0.2, 0) is 6.54 Å². The Morgan fingerprint density at radius 2 is 1.87 bits per heavy atom. The summed E-state index contributed by atoms with van der Waals surface area (Å²) in [4.78, 5) is 32.2. The van der Waals surface area contributed by atoms with Crippen molar-refractivity contribution in [3.8, 4) is 0 Å². The van der Waals surface area contributed by atoms with Crippen LogP contribution in [0.5, 0.6) is 0 Å². The highest BCUT2D eigenvalue weighted by molar-refractivity contribution is 5.98. The molecule has 2 aromatic rings. The summed E-state index contributed by atoms with van der Waals surface area (Å²) in [5.74, 6) is -0.523. The Balaban J connectivity index is 2.01. The molecule has 0 saturated carbocycles. The van der Waals surface area contributed by atoms with Crippen LogP contribution in [0.3, 0.4) is 0 Å². The van der Waals surface area contributed by atoms with Gasteiger partial charge in [-0.2, -0.15) is 0 Å². The van der Waals surface area contributed by atoms with Crippen molar-refractivity contribution in [3.05, 3.63) is 59.7 Å². The molecule has 0 aliphatic heterocycles. The second-order valence-electron chi connectivity index (χ2n) is 5.25. The van der Waals surface area contributed by atoms with Gasteiger partial charge < -0.3 is 10.6 Å². The first-order chi connectivity index (χ1) is 11.1. The maximum absolute atomic E-state index is 12.2. The van der Waals surface area contributed by atoms with Crippen molar-refractivity contribution in [1.82, 2.24) is 20.6 Å². The number of carbonyl (C=O) groups excluding carboxylic acids is 2. The van der Waals surface area contributed by atoms with Crippen LogP contribution in [0, 0.1) is 0 Å². The lowest BCUT2D eigenvalue weighted by Gasteiger charge is -2.11. The molecule has 0 saturated heterocycles. The molecule has 0 aromatic carbocycles. The minimum atomic E-state index is -0.319. The zero-order valence-electron chi connectivity index (χ0n) is 13.2. The number of aromatic nitrogens is 2. The van der Waals surface area contributed by atoms with E-state index < -0.39 is 0 Å². The lowest BCUT2D eigenvalue weighted by Crippen LogP contribution is -2.32. The fraction of sp³-hybridized carbons (Fsp3) is 0.294. The third-order valence-electron chi connectivity index (χ3n) is 3.45. The van der Waals surface area contributed by atoms with Crippen molar-refractivity contribution in [3.63, 3.8) is 0 Å². The van der Waals surface area contributed by atoms with Gasteiger partial charge in [0.1, 0.15) is 5.69 Å². The molecule has 6 nitrogen and oxygen atoms in total. The number of rotatable bonds is 6. The van der Waals surface area contributed by atoms with Gasteiger partial charge in [0.05, 0.1) is 0 Å². The topological polar surface area (TPSA) is 84.0 Å². The quantitative estimate of drug-likeness (QED) is 0.853. The van der Waals surface area contributed by atoms with Gasteiger partial charge >= 0.3 is 0 Å². The Bertz CT molecular complexity index is 673. The molecule has 0 fully saturated rings. The van der Waals surface area contributed by atoms with Crippen molar-refractivity contribution in [2.45, 2.75) is 32.9 Å². The molecule has 2 rings (SSSR count). The second-order valence-corrected chi connectivity index (χ2v) is 5.25. The zero-order chi connectivity index (χ0) is 16.7. The van der Waals surface area contributed by atoms with Gasteiger partial charge in [0.2, 0.25) is 0 Å². The number of hydrogen-bond donors (Lipinski definition) is 2. The van der Waals surface area contributed by atoms with Gasteiger partial charge in [-0.25, -0.2) is 0 Å². The molecule has 0 bridgehead atoms. The predicted molar refractivity (Wildman–Crippen MR) is 86.9 cm³/mol. The number of pyridine rings is 2. The summed E-state index contributed by atoms with van der Waals surface area (Å²) >= 11 is 0. The van der Waals surface area contributed by atoms with Gasteiger partial charge in [-0.1, -0.05) is 6.92 Å². The van der Waals surface area contributed by atoms with E-state index >= 15 is 0 Å². The molecule has 6 heteroatoms. The van der Waals surface area contributed by atoms with Gasteiger partial charge in [-0.3, -0.25) is 19.6 Å². The smallest absolute Gasteiger partial charge is 0.270 e. The molecule has 2 amide bonds. The highest BCUT2D eigenvalue weighted by Gasteiger charge is 2.13. The van der Waals surface area contributed by atoms with Gasteiger partial charge in [0.15, 0.2) is 0 Å². The molecular weight excluding hydrogens is 292 g/mol. The van der Waals surface area contributed by atoms with Crippen molar-refractivity contribution >= 4 is 11.8 Å². The lowest BCUT2D eigenvalue weighted by atomic mass is 10.2. The number of hydrogen-bond acceptors (Lipinski definition) is 4. The maximum Gasteiger partial charge on any atom is 0.270 e. The summed E-state index contributed by atoms with van der Waals surface area (Å²) in [5.41, 5.74) is 1.59. The van der Waals surface area contributed by atoms with E-state index in [4.69, 9.17) is 0 Å². The minimum absolute atomic E-state index is 0.0830. The first-order valence-corrected chi connectivity index (χ1v) is 7.54. The predicted octanol–water partition coefficient (Wildman–Crippen LogP) is 1.93. The fourth-order valence-corrected chi connectivity index (χ4v) is 1.88. The van der Waals surface area contributed by atoms with Crippen LogP contribution in [0.15, 0.2) is 42.9 Å². The molecule has 120 valence electrons. The van der Waals surface area contributed by atoms with Crippen LogP contribution in [-0.4, -0.2) is 27.8 Å². The van der Waals surface area contributed by atoms with Gasteiger partial charge in [0.25, 0.3) is 11.8 Å². The van der Waals surface area contributed by atoms with Crippen LogP contribution >= 0.6 is 0 Å². The standard InChI is InChI=1S/C17H20N4O2/c1-3-12(2)21-16(22)14-6-9-19-15(10-14)17(23)20-11-13-4-7-18-8-5-13/h4-10,12H,3,11H2,1-2H3,(H,20,23)(H,21,22). The summed E-state index contributed by atoms with van der Waals surface area (Å²) in [6.07, 6.45) is 5.64. The first-order valence-electron chi connectivity index (χ1n) is 7.54. The molecule has 2 heterocycles. The van der Waals surface area contributed by atoms with E-state index in [0.717, 1.165) is 12.0 Å². The number of carbonyl (C=O) groups is 2. The molecule has 0 radical (unpaired) electrons. The van der Waals surface area contributed by atoms with E-state index in [-0.39, 0.29) is 23.6 Å². The van der Waals surface area contributed by atoms with E-state index in [9.17, 15) is 9.59 Å².